The van der Waals surface area contributed by atoms with Gasteiger partial charge in [0.2, 0.25) is 5.91 Å². The fourth-order valence-electron chi connectivity index (χ4n) is 3.31. The molecule has 4 aromatic rings. The normalized spacial score (nSPS) is 12.3. The molecule has 0 aliphatic rings. The van der Waals surface area contributed by atoms with E-state index in [-0.39, 0.29) is 17.7 Å². The topological polar surface area (TPSA) is 90.0 Å². The molecule has 3 heterocycles. The minimum absolute atomic E-state index is 0.103. The van der Waals surface area contributed by atoms with E-state index in [9.17, 15) is 4.79 Å². The van der Waals surface area contributed by atoms with Gasteiger partial charge in [0.25, 0.3) is 0 Å². The van der Waals surface area contributed by atoms with Crippen molar-refractivity contribution in [3.63, 3.8) is 0 Å². The Morgan fingerprint density at radius 1 is 1.10 bits per heavy atom. The molecule has 8 nitrogen and oxygen atoms in total. The lowest BCUT2D eigenvalue weighted by atomic mass is 10.1. The smallest absolute Gasteiger partial charge is 0.231 e. The van der Waals surface area contributed by atoms with E-state index in [0.717, 1.165) is 28.3 Å². The number of aryl methyl sites for hydroxylation is 3. The molecule has 1 N–H and O–H groups in total. The van der Waals surface area contributed by atoms with Crippen molar-refractivity contribution in [1.82, 2.24) is 34.7 Å². The van der Waals surface area contributed by atoms with Crippen molar-refractivity contribution >= 4 is 23.3 Å². The summed E-state index contributed by atoms with van der Waals surface area (Å²) in [7, 11) is 0. The van der Waals surface area contributed by atoms with Gasteiger partial charge < -0.3 is 5.32 Å². The molecule has 30 heavy (non-hydrogen) atoms. The van der Waals surface area contributed by atoms with Crippen LogP contribution in [0.2, 0.25) is 0 Å². The van der Waals surface area contributed by atoms with E-state index in [0.29, 0.717) is 11.0 Å². The maximum absolute atomic E-state index is 12.6. The number of aromatic nitrogens is 6. The molecule has 0 saturated heterocycles. The standard InChI is InChI=1S/C21H23N7OS/c1-13-8-9-14(2)17(11-13)28-16(4)23-26-21(28)30-12-19(29)22-15(3)20-25-24-18-7-5-6-10-27(18)20/h5-11,15H,12H2,1-4H3,(H,22,29). The molecule has 0 spiro atoms. The molecule has 3 aromatic heterocycles. The number of carbonyl (C=O) groups is 1. The number of benzene rings is 1. The molecule has 0 fully saturated rings. The van der Waals surface area contributed by atoms with E-state index in [1.165, 1.54) is 11.8 Å². The molecule has 1 atom stereocenters. The molecule has 154 valence electrons. The van der Waals surface area contributed by atoms with Crippen LogP contribution in [0.4, 0.5) is 0 Å². The van der Waals surface area contributed by atoms with Gasteiger partial charge in [-0.3, -0.25) is 13.8 Å². The van der Waals surface area contributed by atoms with Crippen molar-refractivity contribution in [3.05, 3.63) is 65.4 Å². The van der Waals surface area contributed by atoms with Crippen LogP contribution in [0.1, 0.15) is 35.7 Å². The third-order valence-corrected chi connectivity index (χ3v) is 5.77. The fraction of sp³-hybridized carbons (Fsp3) is 0.286. The van der Waals surface area contributed by atoms with Gasteiger partial charge in [-0.1, -0.05) is 30.0 Å². The van der Waals surface area contributed by atoms with Crippen LogP contribution in [0.25, 0.3) is 11.3 Å². The zero-order chi connectivity index (χ0) is 21.3. The van der Waals surface area contributed by atoms with Gasteiger partial charge in [-0.2, -0.15) is 0 Å². The van der Waals surface area contributed by atoms with E-state index in [4.69, 9.17) is 0 Å². The maximum Gasteiger partial charge on any atom is 0.231 e. The van der Waals surface area contributed by atoms with Gasteiger partial charge in [0.15, 0.2) is 16.6 Å². The number of fused-ring (bicyclic) bond motifs is 1. The third kappa shape index (κ3) is 3.93. The van der Waals surface area contributed by atoms with Gasteiger partial charge in [0, 0.05) is 6.20 Å². The Kier molecular flexibility index (Phi) is 5.54. The number of nitrogens with zero attached hydrogens (tertiary/aromatic N) is 6. The largest absolute Gasteiger partial charge is 0.346 e. The van der Waals surface area contributed by atoms with E-state index in [2.05, 4.69) is 57.8 Å². The SMILES string of the molecule is Cc1ccc(C)c(-n2c(C)nnc2SCC(=O)NC(C)c2nnc3ccccn23)c1. The van der Waals surface area contributed by atoms with Crippen LogP contribution in [0.3, 0.4) is 0 Å². The van der Waals surface area contributed by atoms with Crippen LogP contribution < -0.4 is 5.32 Å². The number of pyridine rings is 1. The highest BCUT2D eigenvalue weighted by Gasteiger charge is 2.18. The number of thioether (sulfide) groups is 1. The molecule has 1 unspecified atom stereocenters. The van der Waals surface area contributed by atoms with Crippen molar-refractivity contribution in [2.75, 3.05) is 5.75 Å². The number of hydrogen-bond acceptors (Lipinski definition) is 6. The summed E-state index contributed by atoms with van der Waals surface area (Å²) in [5.41, 5.74) is 4.07. The maximum atomic E-state index is 12.6. The first-order chi connectivity index (χ1) is 14.4. The highest BCUT2D eigenvalue weighted by Crippen LogP contribution is 2.25. The summed E-state index contributed by atoms with van der Waals surface area (Å²) in [6, 6.07) is 11.7. The Morgan fingerprint density at radius 2 is 1.93 bits per heavy atom. The Balaban J connectivity index is 1.46. The monoisotopic (exact) mass is 421 g/mol. The highest BCUT2D eigenvalue weighted by molar-refractivity contribution is 7.99. The van der Waals surface area contributed by atoms with Crippen LogP contribution >= 0.6 is 11.8 Å². The molecule has 0 aliphatic heterocycles. The molecule has 4 rings (SSSR count). The summed E-state index contributed by atoms with van der Waals surface area (Å²) < 4.78 is 3.87. The van der Waals surface area contributed by atoms with E-state index >= 15 is 0 Å². The van der Waals surface area contributed by atoms with Crippen LogP contribution in [0.15, 0.2) is 47.8 Å². The minimum atomic E-state index is -0.269. The number of amides is 1. The molecule has 9 heteroatoms. The van der Waals surface area contributed by atoms with Crippen molar-refractivity contribution in [2.24, 2.45) is 0 Å². The van der Waals surface area contributed by atoms with Gasteiger partial charge in [-0.15, -0.1) is 20.4 Å². The second-order valence-electron chi connectivity index (χ2n) is 7.22. The van der Waals surface area contributed by atoms with Gasteiger partial charge in [0.05, 0.1) is 17.5 Å². The zero-order valence-corrected chi connectivity index (χ0v) is 18.1. The van der Waals surface area contributed by atoms with E-state index in [1.54, 1.807) is 0 Å². The Bertz CT molecular complexity index is 1210. The molecule has 1 aromatic carbocycles. The summed E-state index contributed by atoms with van der Waals surface area (Å²) in [5, 5.41) is 20.5. The fourth-order valence-corrected chi connectivity index (χ4v) is 4.11. The van der Waals surface area contributed by atoms with Crippen LogP contribution in [-0.4, -0.2) is 41.0 Å². The molecule has 0 radical (unpaired) electrons. The Labute approximate surface area is 178 Å². The Hall–Kier alpha value is -3.20. The average molecular weight is 422 g/mol. The summed E-state index contributed by atoms with van der Waals surface area (Å²) in [4.78, 5) is 12.6. The zero-order valence-electron chi connectivity index (χ0n) is 17.3. The summed E-state index contributed by atoms with van der Waals surface area (Å²) in [6.45, 7) is 7.92. The highest BCUT2D eigenvalue weighted by atomic mass is 32.2. The molecular weight excluding hydrogens is 398 g/mol. The molecule has 1 amide bonds. The van der Waals surface area contributed by atoms with Gasteiger partial charge in [0.1, 0.15) is 5.82 Å². The number of rotatable bonds is 6. The molecular formula is C21H23N7OS. The lowest BCUT2D eigenvalue weighted by Crippen LogP contribution is -2.29. The van der Waals surface area contributed by atoms with Crippen molar-refractivity contribution in [1.29, 1.82) is 0 Å². The van der Waals surface area contributed by atoms with E-state index in [1.807, 2.05) is 47.2 Å². The van der Waals surface area contributed by atoms with Crippen LogP contribution in [-0.2, 0) is 4.79 Å². The number of hydrogen-bond donors (Lipinski definition) is 1. The second-order valence-corrected chi connectivity index (χ2v) is 8.16. The Morgan fingerprint density at radius 3 is 2.77 bits per heavy atom. The minimum Gasteiger partial charge on any atom is -0.346 e. The van der Waals surface area contributed by atoms with Crippen molar-refractivity contribution in [3.8, 4) is 5.69 Å². The first-order valence-electron chi connectivity index (χ1n) is 9.65. The van der Waals surface area contributed by atoms with E-state index < -0.39 is 0 Å². The van der Waals surface area contributed by atoms with Gasteiger partial charge in [-0.25, -0.2) is 0 Å². The van der Waals surface area contributed by atoms with Crippen LogP contribution in [0.5, 0.6) is 0 Å². The second kappa shape index (κ2) is 8.27. The molecule has 0 bridgehead atoms. The quantitative estimate of drug-likeness (QED) is 0.481. The van der Waals surface area contributed by atoms with Crippen molar-refractivity contribution in [2.45, 2.75) is 38.9 Å². The first kappa shape index (κ1) is 20.1. The molecule has 0 saturated carbocycles. The van der Waals surface area contributed by atoms with Crippen molar-refractivity contribution < 1.29 is 4.79 Å². The average Bonchev–Trinajstić information content (AvgIpc) is 3.32. The van der Waals surface area contributed by atoms with Gasteiger partial charge >= 0.3 is 0 Å². The number of carbonyl (C=O) groups excluding carboxylic acids is 1. The third-order valence-electron chi connectivity index (χ3n) is 4.84. The predicted octanol–water partition coefficient (Wildman–Crippen LogP) is 3.20. The molecule has 0 aliphatic carbocycles. The lowest BCUT2D eigenvalue weighted by molar-refractivity contribution is -0.119. The summed E-state index contributed by atoms with van der Waals surface area (Å²) in [6.07, 6.45) is 1.89. The predicted molar refractivity (Wildman–Crippen MR) is 116 cm³/mol. The van der Waals surface area contributed by atoms with Crippen LogP contribution in [0, 0.1) is 20.8 Å². The first-order valence-corrected chi connectivity index (χ1v) is 10.6. The lowest BCUT2D eigenvalue weighted by Gasteiger charge is -2.14. The number of nitrogens with one attached hydrogen (secondary N) is 1. The van der Waals surface area contributed by atoms with Gasteiger partial charge in [-0.05, 0) is 57.0 Å². The summed E-state index contributed by atoms with van der Waals surface area (Å²) >= 11 is 1.36. The summed E-state index contributed by atoms with van der Waals surface area (Å²) in [5.74, 6) is 1.60.